The summed E-state index contributed by atoms with van der Waals surface area (Å²) in [7, 11) is 0. The van der Waals surface area contributed by atoms with Crippen molar-refractivity contribution < 1.29 is 4.74 Å². The van der Waals surface area contributed by atoms with Gasteiger partial charge < -0.3 is 10.1 Å². The van der Waals surface area contributed by atoms with Crippen molar-refractivity contribution in [3.05, 3.63) is 23.6 Å². The predicted molar refractivity (Wildman–Crippen MR) is 81.1 cm³/mol. The van der Waals surface area contributed by atoms with E-state index < -0.39 is 0 Å². The Morgan fingerprint density at radius 1 is 1.47 bits per heavy atom. The van der Waals surface area contributed by atoms with Crippen molar-refractivity contribution >= 4 is 27.5 Å². The van der Waals surface area contributed by atoms with Gasteiger partial charge in [-0.05, 0) is 24.8 Å². The third kappa shape index (κ3) is 3.67. The average molecular weight is 277 g/mol. The lowest BCUT2D eigenvalue weighted by molar-refractivity contribution is 0.313. The number of hydrogen-bond donors (Lipinski definition) is 1. The predicted octanol–water partition coefficient (Wildman–Crippen LogP) is 3.86. The van der Waals surface area contributed by atoms with Crippen LogP contribution in [-0.4, -0.2) is 23.1 Å². The maximum atomic E-state index is 5.76. The number of anilines is 1. The van der Waals surface area contributed by atoms with Crippen molar-refractivity contribution in [3.63, 3.8) is 0 Å². The summed E-state index contributed by atoms with van der Waals surface area (Å²) < 4.78 is 5.76. The van der Waals surface area contributed by atoms with Crippen LogP contribution < -0.4 is 10.1 Å². The molecule has 19 heavy (non-hydrogen) atoms. The minimum absolute atomic E-state index is 0.602. The summed E-state index contributed by atoms with van der Waals surface area (Å²) in [4.78, 5) is 9.87. The second-order valence-corrected chi connectivity index (χ2v) is 5.37. The first kappa shape index (κ1) is 13.8. The fourth-order valence-corrected chi connectivity index (χ4v) is 2.33. The molecule has 0 bridgehead atoms. The number of hydrogen-bond acceptors (Lipinski definition) is 5. The monoisotopic (exact) mass is 277 g/mol. The van der Waals surface area contributed by atoms with Gasteiger partial charge in [0.15, 0.2) is 0 Å². The van der Waals surface area contributed by atoms with Crippen molar-refractivity contribution in [2.75, 3.05) is 18.5 Å². The van der Waals surface area contributed by atoms with Crippen LogP contribution in [0.2, 0.25) is 0 Å². The fourth-order valence-electron chi connectivity index (χ4n) is 1.58. The third-order valence-electron chi connectivity index (χ3n) is 2.59. The van der Waals surface area contributed by atoms with E-state index in [2.05, 4.69) is 28.8 Å². The third-order valence-corrected chi connectivity index (χ3v) is 3.40. The molecule has 0 aliphatic rings. The fraction of sp³-hybridized carbons (Fsp3) is 0.429. The van der Waals surface area contributed by atoms with Crippen molar-refractivity contribution in [2.24, 2.45) is 0 Å². The molecule has 2 aromatic heterocycles. The van der Waals surface area contributed by atoms with Gasteiger partial charge >= 0.3 is 0 Å². The summed E-state index contributed by atoms with van der Waals surface area (Å²) in [6.45, 7) is 9.45. The van der Waals surface area contributed by atoms with Crippen LogP contribution in [-0.2, 0) is 0 Å². The molecule has 2 rings (SSSR count). The molecule has 2 aromatic rings. The zero-order chi connectivity index (χ0) is 13.7. The van der Waals surface area contributed by atoms with Crippen LogP contribution in [0.1, 0.15) is 26.7 Å². The van der Waals surface area contributed by atoms with E-state index in [0.717, 1.165) is 35.2 Å². The number of thiophene rings is 1. The van der Waals surface area contributed by atoms with Gasteiger partial charge in [0.25, 0.3) is 0 Å². The molecule has 0 unspecified atom stereocenters. The van der Waals surface area contributed by atoms with Crippen molar-refractivity contribution in [1.29, 1.82) is 0 Å². The van der Waals surface area contributed by atoms with Gasteiger partial charge in [0.2, 0.25) is 11.8 Å². The molecule has 0 fully saturated rings. The number of ether oxygens (including phenoxy) is 1. The molecule has 0 radical (unpaired) electrons. The molecule has 0 spiro atoms. The summed E-state index contributed by atoms with van der Waals surface area (Å²) >= 11 is 1.60. The van der Waals surface area contributed by atoms with E-state index in [0.29, 0.717) is 18.4 Å². The highest BCUT2D eigenvalue weighted by Crippen LogP contribution is 2.28. The number of nitrogens with one attached hydrogen (secondary N) is 1. The maximum Gasteiger partial charge on any atom is 0.227 e. The molecule has 0 aliphatic carbocycles. The van der Waals surface area contributed by atoms with Gasteiger partial charge in [-0.1, -0.05) is 12.5 Å². The van der Waals surface area contributed by atoms with Gasteiger partial charge in [-0.2, -0.15) is 4.98 Å². The Morgan fingerprint density at radius 3 is 3.05 bits per heavy atom. The highest BCUT2D eigenvalue weighted by molar-refractivity contribution is 7.16. The van der Waals surface area contributed by atoms with Crippen LogP contribution in [0.4, 0.5) is 5.95 Å². The lowest BCUT2D eigenvalue weighted by Gasteiger charge is -2.09. The van der Waals surface area contributed by atoms with Crippen LogP contribution in [0.15, 0.2) is 23.6 Å². The van der Waals surface area contributed by atoms with Crippen LogP contribution in [0, 0.1) is 0 Å². The highest BCUT2D eigenvalue weighted by Gasteiger charge is 2.09. The number of rotatable bonds is 7. The van der Waals surface area contributed by atoms with E-state index in [4.69, 9.17) is 4.74 Å². The molecule has 2 heterocycles. The van der Waals surface area contributed by atoms with E-state index in [1.165, 1.54) is 0 Å². The summed E-state index contributed by atoms with van der Waals surface area (Å²) in [6.07, 6.45) is 1.88. The Labute approximate surface area is 117 Å². The normalized spacial score (nSPS) is 10.6. The lowest BCUT2D eigenvalue weighted by atomic mass is 10.3. The average Bonchev–Trinajstić information content (AvgIpc) is 2.84. The van der Waals surface area contributed by atoms with Gasteiger partial charge in [0.1, 0.15) is 4.83 Å². The van der Waals surface area contributed by atoms with E-state index in [1.807, 2.05) is 18.4 Å². The molecule has 0 aromatic carbocycles. The van der Waals surface area contributed by atoms with Gasteiger partial charge in [0, 0.05) is 13.0 Å². The number of aromatic nitrogens is 2. The quantitative estimate of drug-likeness (QED) is 0.781. The van der Waals surface area contributed by atoms with E-state index in [9.17, 15) is 0 Å². The molecule has 4 nitrogen and oxygen atoms in total. The Hall–Kier alpha value is -1.62. The van der Waals surface area contributed by atoms with Crippen molar-refractivity contribution in [1.82, 2.24) is 9.97 Å². The van der Waals surface area contributed by atoms with Gasteiger partial charge in [0.05, 0.1) is 12.0 Å². The standard InChI is InChI=1S/C14H19N3OS/c1-4-7-15-14-16-12(18-8-5-10(2)3)11-6-9-19-13(11)17-14/h6,9H,2,4-5,7-8H2,1,3H3,(H,15,16,17). The summed E-state index contributed by atoms with van der Waals surface area (Å²) in [5.74, 6) is 1.30. The maximum absolute atomic E-state index is 5.76. The Balaban J connectivity index is 2.18. The molecule has 0 aliphatic heterocycles. The molecule has 0 saturated heterocycles. The molecular weight excluding hydrogens is 258 g/mol. The molecule has 0 amide bonds. The zero-order valence-electron chi connectivity index (χ0n) is 11.4. The van der Waals surface area contributed by atoms with Crippen LogP contribution >= 0.6 is 11.3 Å². The minimum Gasteiger partial charge on any atom is -0.477 e. The number of fused-ring (bicyclic) bond motifs is 1. The first-order valence-corrected chi connectivity index (χ1v) is 7.35. The van der Waals surface area contributed by atoms with Gasteiger partial charge in [-0.15, -0.1) is 17.9 Å². The van der Waals surface area contributed by atoms with E-state index in [1.54, 1.807) is 11.3 Å². The van der Waals surface area contributed by atoms with Gasteiger partial charge in [-0.3, -0.25) is 0 Å². The SMILES string of the molecule is C=C(C)CCOc1nc(NCCC)nc2sccc12. The summed E-state index contributed by atoms with van der Waals surface area (Å²) in [5, 5.41) is 6.19. The van der Waals surface area contributed by atoms with Crippen LogP contribution in [0.3, 0.4) is 0 Å². The van der Waals surface area contributed by atoms with E-state index >= 15 is 0 Å². The zero-order valence-corrected chi connectivity index (χ0v) is 12.2. The molecule has 0 atom stereocenters. The van der Waals surface area contributed by atoms with Gasteiger partial charge in [-0.25, -0.2) is 4.98 Å². The molecule has 0 saturated carbocycles. The largest absolute Gasteiger partial charge is 0.477 e. The molecular formula is C14H19N3OS. The van der Waals surface area contributed by atoms with Crippen molar-refractivity contribution in [2.45, 2.75) is 26.7 Å². The molecule has 1 N–H and O–H groups in total. The number of nitrogens with zero attached hydrogens (tertiary/aromatic N) is 2. The smallest absolute Gasteiger partial charge is 0.227 e. The van der Waals surface area contributed by atoms with E-state index in [-0.39, 0.29) is 0 Å². The highest BCUT2D eigenvalue weighted by atomic mass is 32.1. The molecule has 102 valence electrons. The van der Waals surface area contributed by atoms with Crippen molar-refractivity contribution in [3.8, 4) is 5.88 Å². The topological polar surface area (TPSA) is 47.0 Å². The first-order chi connectivity index (χ1) is 9.20. The minimum atomic E-state index is 0.602. The second kappa shape index (κ2) is 6.52. The summed E-state index contributed by atoms with van der Waals surface area (Å²) in [5.41, 5.74) is 1.11. The Bertz CT molecular complexity index is 565. The Kier molecular flexibility index (Phi) is 4.74. The van der Waals surface area contributed by atoms with Crippen LogP contribution in [0.5, 0.6) is 5.88 Å². The second-order valence-electron chi connectivity index (χ2n) is 4.47. The molecule has 5 heteroatoms. The lowest BCUT2D eigenvalue weighted by Crippen LogP contribution is -2.06. The Morgan fingerprint density at radius 2 is 2.32 bits per heavy atom. The summed E-state index contributed by atoms with van der Waals surface area (Å²) in [6, 6.07) is 2.00. The first-order valence-electron chi connectivity index (χ1n) is 6.47. The van der Waals surface area contributed by atoms with Crippen LogP contribution in [0.25, 0.3) is 10.2 Å².